The van der Waals surface area contributed by atoms with Crippen LogP contribution in [0.4, 0.5) is 0 Å². The summed E-state index contributed by atoms with van der Waals surface area (Å²) in [5.41, 5.74) is -0.180. The van der Waals surface area contributed by atoms with Gasteiger partial charge in [-0.2, -0.15) is 0 Å². The lowest BCUT2D eigenvalue weighted by atomic mass is 10.0. The lowest BCUT2D eigenvalue weighted by molar-refractivity contribution is 0.260. The molecule has 0 spiro atoms. The zero-order chi connectivity index (χ0) is 11.2. The molecule has 0 bridgehead atoms. The fourth-order valence-electron chi connectivity index (χ4n) is 1.91. The average Bonchev–Trinajstić information content (AvgIpc) is 2.30. The highest BCUT2D eigenvalue weighted by molar-refractivity contribution is 5.04. The van der Waals surface area contributed by atoms with E-state index in [0.717, 1.165) is 13.0 Å². The minimum Gasteiger partial charge on any atom is -0.477 e. The van der Waals surface area contributed by atoms with Crippen molar-refractivity contribution in [1.82, 2.24) is 15.3 Å². The molecule has 2 rings (SSSR count). The first-order valence-corrected chi connectivity index (χ1v) is 5.75. The van der Waals surface area contributed by atoms with E-state index in [1.165, 1.54) is 31.7 Å². The molecular formula is C11H17N3O2. The molecule has 2 N–H and O–H groups in total. The fourth-order valence-corrected chi connectivity index (χ4v) is 1.91. The summed E-state index contributed by atoms with van der Waals surface area (Å²) >= 11 is 0. The van der Waals surface area contributed by atoms with Crippen LogP contribution in [0.2, 0.25) is 0 Å². The molecule has 1 saturated heterocycles. The third-order valence-corrected chi connectivity index (χ3v) is 2.78. The fraction of sp³-hybridized carbons (Fsp3) is 0.636. The summed E-state index contributed by atoms with van der Waals surface area (Å²) in [7, 11) is 0. The number of nitrogens with one attached hydrogen (secondary N) is 2. The molecule has 88 valence electrons. The van der Waals surface area contributed by atoms with E-state index in [4.69, 9.17) is 4.74 Å². The van der Waals surface area contributed by atoms with Crippen LogP contribution in [-0.4, -0.2) is 29.2 Å². The molecule has 2 heterocycles. The van der Waals surface area contributed by atoms with Crippen LogP contribution in [0.5, 0.6) is 5.88 Å². The number of hydrogen-bond donors (Lipinski definition) is 2. The summed E-state index contributed by atoms with van der Waals surface area (Å²) in [6.07, 6.45) is 6.10. The summed E-state index contributed by atoms with van der Waals surface area (Å²) in [5.74, 6) is 0.402. The van der Waals surface area contributed by atoms with Gasteiger partial charge in [-0.3, -0.25) is 4.79 Å². The van der Waals surface area contributed by atoms with Gasteiger partial charge in [0.1, 0.15) is 0 Å². The Hall–Kier alpha value is -1.36. The van der Waals surface area contributed by atoms with Gasteiger partial charge in [0, 0.05) is 6.04 Å². The Labute approximate surface area is 94.2 Å². The molecule has 1 aliphatic heterocycles. The van der Waals surface area contributed by atoms with Crippen LogP contribution in [0.3, 0.4) is 0 Å². The molecule has 1 fully saturated rings. The van der Waals surface area contributed by atoms with Crippen LogP contribution in [0.25, 0.3) is 0 Å². The van der Waals surface area contributed by atoms with Crippen molar-refractivity contribution in [2.75, 3.05) is 13.2 Å². The summed E-state index contributed by atoms with van der Waals surface area (Å²) < 4.78 is 5.42. The molecule has 0 amide bonds. The molecular weight excluding hydrogens is 206 g/mol. The van der Waals surface area contributed by atoms with E-state index >= 15 is 0 Å². The van der Waals surface area contributed by atoms with Gasteiger partial charge in [0.05, 0.1) is 19.0 Å². The number of hydrogen-bond acceptors (Lipinski definition) is 4. The van der Waals surface area contributed by atoms with Crippen molar-refractivity contribution in [1.29, 1.82) is 0 Å². The first kappa shape index (κ1) is 11.1. The molecule has 5 heteroatoms. The molecule has 1 aliphatic rings. The zero-order valence-corrected chi connectivity index (χ0v) is 9.24. The van der Waals surface area contributed by atoms with Gasteiger partial charge in [-0.1, -0.05) is 6.42 Å². The van der Waals surface area contributed by atoms with Crippen LogP contribution in [0.1, 0.15) is 25.7 Å². The lowest BCUT2D eigenvalue weighted by Crippen LogP contribution is -2.35. The quantitative estimate of drug-likeness (QED) is 0.787. The smallest absolute Gasteiger partial charge is 0.254 e. The highest BCUT2D eigenvalue weighted by Crippen LogP contribution is 2.10. The van der Waals surface area contributed by atoms with Crippen LogP contribution in [-0.2, 0) is 0 Å². The second-order valence-corrected chi connectivity index (χ2v) is 4.03. The molecule has 1 atom stereocenters. The highest BCUT2D eigenvalue weighted by atomic mass is 16.5. The summed E-state index contributed by atoms with van der Waals surface area (Å²) in [4.78, 5) is 17.3. The monoisotopic (exact) mass is 223 g/mol. The number of nitrogens with zero attached hydrogens (tertiary/aromatic N) is 1. The molecule has 1 aromatic rings. The molecule has 0 saturated carbocycles. The summed E-state index contributed by atoms with van der Waals surface area (Å²) in [5, 5.41) is 3.45. The van der Waals surface area contributed by atoms with Crippen LogP contribution in [0.15, 0.2) is 17.2 Å². The number of aromatic nitrogens is 2. The number of aromatic amines is 1. The Morgan fingerprint density at radius 1 is 1.50 bits per heavy atom. The number of H-pyrrole nitrogens is 1. The van der Waals surface area contributed by atoms with E-state index < -0.39 is 0 Å². The SMILES string of the molecule is O=c1cc(OCCC2CCCCN2)nc[nH]1. The summed E-state index contributed by atoms with van der Waals surface area (Å²) in [6, 6.07) is 1.92. The molecule has 16 heavy (non-hydrogen) atoms. The Bertz CT molecular complexity index is 371. The Morgan fingerprint density at radius 3 is 3.19 bits per heavy atom. The van der Waals surface area contributed by atoms with Crippen molar-refractivity contribution >= 4 is 0 Å². The predicted octanol–water partition coefficient (Wildman–Crippen LogP) is 0.681. The second-order valence-electron chi connectivity index (χ2n) is 4.03. The normalized spacial score (nSPS) is 20.6. The molecule has 0 aliphatic carbocycles. The maximum absolute atomic E-state index is 11.0. The number of rotatable bonds is 4. The van der Waals surface area contributed by atoms with Crippen molar-refractivity contribution in [3.05, 3.63) is 22.7 Å². The van der Waals surface area contributed by atoms with Crippen molar-refractivity contribution < 1.29 is 4.74 Å². The molecule has 0 aromatic carbocycles. The Kier molecular flexibility index (Phi) is 3.93. The number of ether oxygens (including phenoxy) is 1. The van der Waals surface area contributed by atoms with Crippen LogP contribution >= 0.6 is 0 Å². The van der Waals surface area contributed by atoms with Gasteiger partial charge in [0.15, 0.2) is 0 Å². The largest absolute Gasteiger partial charge is 0.477 e. The molecule has 0 radical (unpaired) electrons. The Balaban J connectivity index is 1.73. The summed E-state index contributed by atoms with van der Waals surface area (Å²) in [6.45, 7) is 1.71. The minimum absolute atomic E-state index is 0.180. The molecule has 5 nitrogen and oxygen atoms in total. The van der Waals surface area contributed by atoms with Crippen molar-refractivity contribution in [3.63, 3.8) is 0 Å². The minimum atomic E-state index is -0.180. The predicted molar refractivity (Wildman–Crippen MR) is 60.6 cm³/mol. The third-order valence-electron chi connectivity index (χ3n) is 2.78. The van der Waals surface area contributed by atoms with E-state index in [2.05, 4.69) is 15.3 Å². The van der Waals surface area contributed by atoms with Crippen molar-refractivity contribution in [3.8, 4) is 5.88 Å². The average molecular weight is 223 g/mol. The standard InChI is InChI=1S/C11H17N3O2/c15-10-7-11(14-8-13-10)16-6-4-9-3-1-2-5-12-9/h7-9,12H,1-6H2,(H,13,14,15). The van der Waals surface area contributed by atoms with Gasteiger partial charge < -0.3 is 15.0 Å². The van der Waals surface area contributed by atoms with E-state index in [-0.39, 0.29) is 5.56 Å². The van der Waals surface area contributed by atoms with E-state index in [9.17, 15) is 4.79 Å². The van der Waals surface area contributed by atoms with Crippen molar-refractivity contribution in [2.45, 2.75) is 31.7 Å². The van der Waals surface area contributed by atoms with Gasteiger partial charge in [-0.15, -0.1) is 0 Å². The molecule has 1 unspecified atom stereocenters. The second kappa shape index (κ2) is 5.65. The third kappa shape index (κ3) is 3.34. The molecule has 1 aromatic heterocycles. The van der Waals surface area contributed by atoms with Gasteiger partial charge >= 0.3 is 0 Å². The van der Waals surface area contributed by atoms with E-state index in [0.29, 0.717) is 18.5 Å². The van der Waals surface area contributed by atoms with Gasteiger partial charge in [-0.25, -0.2) is 4.98 Å². The lowest BCUT2D eigenvalue weighted by Gasteiger charge is -2.23. The van der Waals surface area contributed by atoms with Crippen molar-refractivity contribution in [2.24, 2.45) is 0 Å². The maximum atomic E-state index is 11.0. The van der Waals surface area contributed by atoms with Crippen LogP contribution < -0.4 is 15.6 Å². The highest BCUT2D eigenvalue weighted by Gasteiger charge is 2.12. The van der Waals surface area contributed by atoms with E-state index in [1.807, 2.05) is 0 Å². The van der Waals surface area contributed by atoms with Gasteiger partial charge in [-0.05, 0) is 25.8 Å². The first-order chi connectivity index (χ1) is 7.84. The van der Waals surface area contributed by atoms with Crippen LogP contribution in [0, 0.1) is 0 Å². The zero-order valence-electron chi connectivity index (χ0n) is 9.24. The van der Waals surface area contributed by atoms with Gasteiger partial charge in [0.2, 0.25) is 5.88 Å². The maximum Gasteiger partial charge on any atom is 0.254 e. The topological polar surface area (TPSA) is 67.0 Å². The first-order valence-electron chi connectivity index (χ1n) is 5.75. The van der Waals surface area contributed by atoms with E-state index in [1.54, 1.807) is 0 Å². The Morgan fingerprint density at radius 2 is 2.44 bits per heavy atom. The number of piperidine rings is 1. The van der Waals surface area contributed by atoms with Gasteiger partial charge in [0.25, 0.3) is 5.56 Å².